The topological polar surface area (TPSA) is 96.5 Å². The molecule has 1 atom stereocenters. The number of rotatable bonds is 12. The quantitative estimate of drug-likeness (QED) is 0.488. The van der Waals surface area contributed by atoms with Crippen molar-refractivity contribution in [2.75, 3.05) is 43.6 Å². The van der Waals surface area contributed by atoms with Gasteiger partial charge in [-0.25, -0.2) is 18.9 Å². The Morgan fingerprint density at radius 1 is 1.29 bits per heavy atom. The second kappa shape index (κ2) is 11.3. The number of nitrogens with zero attached hydrogens (tertiary/aromatic N) is 3. The molecule has 1 aromatic carbocycles. The Morgan fingerprint density at radius 2 is 2.10 bits per heavy atom. The largest absolute Gasteiger partial charge is 0.383 e. The van der Waals surface area contributed by atoms with E-state index in [0.29, 0.717) is 29.4 Å². The summed E-state index contributed by atoms with van der Waals surface area (Å²) < 4.78 is 20.2. The highest BCUT2D eigenvalue weighted by Gasteiger charge is 2.25. The number of hydrogen-bond donors (Lipinski definition) is 2. The maximum absolute atomic E-state index is 12.8. The first-order valence-electron chi connectivity index (χ1n) is 10.6. The van der Waals surface area contributed by atoms with E-state index in [1.54, 1.807) is 31.4 Å². The van der Waals surface area contributed by atoms with Crippen molar-refractivity contribution >= 4 is 28.4 Å². The third-order valence-corrected chi connectivity index (χ3v) is 6.23. The lowest BCUT2D eigenvalue weighted by molar-refractivity contribution is 0.102. The van der Waals surface area contributed by atoms with Crippen LogP contribution in [0.25, 0.3) is 0 Å². The van der Waals surface area contributed by atoms with Crippen molar-refractivity contribution in [1.82, 2.24) is 14.7 Å². The smallest absolute Gasteiger partial charge is 0.274 e. The van der Waals surface area contributed by atoms with E-state index in [1.807, 2.05) is 6.92 Å². The molecule has 2 aromatic rings. The molecular formula is C22H31N5O3S. The molecule has 1 aliphatic carbocycles. The Morgan fingerprint density at radius 3 is 2.77 bits per heavy atom. The second-order valence-electron chi connectivity index (χ2n) is 7.74. The molecule has 1 unspecified atom stereocenters. The molecule has 168 valence electrons. The van der Waals surface area contributed by atoms with Crippen molar-refractivity contribution < 1.29 is 13.7 Å². The first kappa shape index (κ1) is 23.3. The number of hydrogen-bond acceptors (Lipinski definition) is 6. The Kier molecular flexibility index (Phi) is 8.51. The van der Waals surface area contributed by atoms with Crippen molar-refractivity contribution in [3.8, 4) is 0 Å². The number of amides is 1. The summed E-state index contributed by atoms with van der Waals surface area (Å²) in [5.74, 6) is 1.23. The van der Waals surface area contributed by atoms with Crippen molar-refractivity contribution in [2.45, 2.75) is 38.0 Å². The number of carbonyl (C=O) groups excluding carboxylic acids is 1. The van der Waals surface area contributed by atoms with Gasteiger partial charge in [-0.3, -0.25) is 4.79 Å². The number of aryl methyl sites for hydroxylation is 1. The van der Waals surface area contributed by atoms with Gasteiger partial charge in [0.25, 0.3) is 5.91 Å². The molecule has 0 aliphatic heterocycles. The molecule has 1 aliphatic rings. The van der Waals surface area contributed by atoms with Crippen LogP contribution in [0.4, 0.5) is 11.5 Å². The number of methoxy groups -OCH3 is 1. The average Bonchev–Trinajstić information content (AvgIpc) is 3.59. The zero-order chi connectivity index (χ0) is 22.2. The standard InChI is InChI=1S/C22H31N5O3S/c1-4-10-27(14-17-5-6-17)21-13-20(23-15-24-21)22(28)26-19-8-7-18(12-16(19)2)31(29)25-9-11-30-3/h7-8,12-13,15,17,25H,4-6,9-11,14H2,1-3H3,(H,26,28). The van der Waals surface area contributed by atoms with Gasteiger partial charge in [0.2, 0.25) is 0 Å². The van der Waals surface area contributed by atoms with Gasteiger partial charge in [0, 0.05) is 38.5 Å². The van der Waals surface area contributed by atoms with E-state index in [9.17, 15) is 9.00 Å². The molecule has 0 saturated heterocycles. The number of nitrogens with one attached hydrogen (secondary N) is 2. The summed E-state index contributed by atoms with van der Waals surface area (Å²) in [6, 6.07) is 7.06. The lowest BCUT2D eigenvalue weighted by Crippen LogP contribution is -2.28. The third kappa shape index (κ3) is 6.81. The van der Waals surface area contributed by atoms with Crippen LogP contribution in [0, 0.1) is 12.8 Å². The lowest BCUT2D eigenvalue weighted by atomic mass is 10.2. The molecule has 31 heavy (non-hydrogen) atoms. The van der Waals surface area contributed by atoms with Crippen molar-refractivity contribution in [2.24, 2.45) is 5.92 Å². The number of aromatic nitrogens is 2. The summed E-state index contributed by atoms with van der Waals surface area (Å²) in [7, 11) is 0.267. The zero-order valence-electron chi connectivity index (χ0n) is 18.4. The van der Waals surface area contributed by atoms with Crippen molar-refractivity contribution in [3.05, 3.63) is 41.9 Å². The molecule has 1 fully saturated rings. The van der Waals surface area contributed by atoms with Gasteiger partial charge >= 0.3 is 0 Å². The average molecular weight is 446 g/mol. The fourth-order valence-corrected chi connectivity index (χ4v) is 4.13. The van der Waals surface area contributed by atoms with Gasteiger partial charge in [-0.1, -0.05) is 6.92 Å². The van der Waals surface area contributed by atoms with Crippen LogP contribution in [0.5, 0.6) is 0 Å². The maximum Gasteiger partial charge on any atom is 0.274 e. The van der Waals surface area contributed by atoms with Crippen LogP contribution in [0.15, 0.2) is 35.5 Å². The predicted octanol–water partition coefficient (Wildman–Crippen LogP) is 2.92. The van der Waals surface area contributed by atoms with Gasteiger partial charge in [-0.15, -0.1) is 0 Å². The highest BCUT2D eigenvalue weighted by molar-refractivity contribution is 7.83. The Labute approximate surface area is 186 Å². The summed E-state index contributed by atoms with van der Waals surface area (Å²) >= 11 is 0. The molecule has 8 nitrogen and oxygen atoms in total. The first-order valence-corrected chi connectivity index (χ1v) is 11.8. The third-order valence-electron chi connectivity index (χ3n) is 5.08. The minimum atomic E-state index is -1.33. The van der Waals surface area contributed by atoms with Crippen LogP contribution in [0.2, 0.25) is 0 Å². The van der Waals surface area contributed by atoms with Gasteiger partial charge < -0.3 is 15.0 Å². The van der Waals surface area contributed by atoms with Crippen LogP contribution in [0.1, 0.15) is 42.2 Å². The van der Waals surface area contributed by atoms with E-state index in [4.69, 9.17) is 4.74 Å². The lowest BCUT2D eigenvalue weighted by Gasteiger charge is -2.23. The minimum absolute atomic E-state index is 0.290. The van der Waals surface area contributed by atoms with E-state index in [-0.39, 0.29) is 5.91 Å². The summed E-state index contributed by atoms with van der Waals surface area (Å²) in [6.07, 6.45) is 5.00. The van der Waals surface area contributed by atoms with Crippen molar-refractivity contribution in [3.63, 3.8) is 0 Å². The molecule has 1 aromatic heterocycles. The zero-order valence-corrected chi connectivity index (χ0v) is 19.2. The number of carbonyl (C=O) groups is 1. The van der Waals surface area contributed by atoms with E-state index in [1.165, 1.54) is 19.2 Å². The molecule has 0 radical (unpaired) electrons. The molecule has 0 bridgehead atoms. The normalized spacial score (nSPS) is 14.3. The van der Waals surface area contributed by atoms with Gasteiger partial charge in [0.15, 0.2) is 0 Å². The molecule has 2 N–H and O–H groups in total. The van der Waals surface area contributed by atoms with Crippen LogP contribution in [0.3, 0.4) is 0 Å². The van der Waals surface area contributed by atoms with Crippen LogP contribution >= 0.6 is 0 Å². The Hall–Kier alpha value is -2.36. The summed E-state index contributed by atoms with van der Waals surface area (Å²) in [4.78, 5) is 24.3. The highest BCUT2D eigenvalue weighted by atomic mass is 32.2. The van der Waals surface area contributed by atoms with Crippen molar-refractivity contribution in [1.29, 1.82) is 0 Å². The number of benzene rings is 1. The number of anilines is 2. The second-order valence-corrected chi connectivity index (χ2v) is 9.04. The molecule has 3 rings (SSSR count). The van der Waals surface area contributed by atoms with Gasteiger partial charge in [-0.2, -0.15) is 0 Å². The minimum Gasteiger partial charge on any atom is -0.383 e. The molecule has 1 saturated carbocycles. The van der Waals surface area contributed by atoms with Gasteiger partial charge in [-0.05, 0) is 55.9 Å². The van der Waals surface area contributed by atoms with E-state index in [2.05, 4.69) is 31.8 Å². The first-order chi connectivity index (χ1) is 15.0. The predicted molar refractivity (Wildman–Crippen MR) is 123 cm³/mol. The maximum atomic E-state index is 12.8. The van der Waals surface area contributed by atoms with Crippen LogP contribution in [-0.4, -0.2) is 53.4 Å². The molecule has 1 heterocycles. The SMILES string of the molecule is CCCN(CC1CC1)c1cc(C(=O)Nc2ccc(S(=O)NCCOC)cc2C)ncn1. The fourth-order valence-electron chi connectivity index (χ4n) is 3.22. The summed E-state index contributed by atoms with van der Waals surface area (Å²) in [6.45, 7) is 6.87. The summed E-state index contributed by atoms with van der Waals surface area (Å²) in [5.41, 5.74) is 1.81. The fraction of sp³-hybridized carbons (Fsp3) is 0.500. The Balaban J connectivity index is 1.67. The molecule has 9 heteroatoms. The monoisotopic (exact) mass is 445 g/mol. The van der Waals surface area contributed by atoms with E-state index < -0.39 is 11.0 Å². The Bertz CT molecular complexity index is 920. The highest BCUT2D eigenvalue weighted by Crippen LogP contribution is 2.31. The summed E-state index contributed by atoms with van der Waals surface area (Å²) in [5, 5.41) is 2.91. The van der Waals surface area contributed by atoms with Crippen LogP contribution < -0.4 is 14.9 Å². The van der Waals surface area contributed by atoms with E-state index >= 15 is 0 Å². The number of ether oxygens (including phenoxy) is 1. The molecule has 1 amide bonds. The van der Waals surface area contributed by atoms with Gasteiger partial charge in [0.05, 0.1) is 11.5 Å². The molecule has 0 spiro atoms. The molecular weight excluding hydrogens is 414 g/mol. The van der Waals surface area contributed by atoms with E-state index in [0.717, 1.165) is 36.8 Å². The van der Waals surface area contributed by atoms with Gasteiger partial charge in [0.1, 0.15) is 28.8 Å². The van der Waals surface area contributed by atoms with Crippen LogP contribution in [-0.2, 0) is 15.7 Å².